The van der Waals surface area contributed by atoms with Gasteiger partial charge in [-0.15, -0.1) is 0 Å². The molecule has 0 fully saturated rings. The molecule has 2 amide bonds. The Hall–Kier alpha value is -1.19. The van der Waals surface area contributed by atoms with Gasteiger partial charge in [0.2, 0.25) is 0 Å². The lowest BCUT2D eigenvalue weighted by molar-refractivity contribution is -0.108. The van der Waals surface area contributed by atoms with E-state index in [-0.39, 0.29) is 18.6 Å². The Morgan fingerprint density at radius 3 is 2.92 bits per heavy atom. The van der Waals surface area contributed by atoms with E-state index in [4.69, 9.17) is 0 Å². The van der Waals surface area contributed by atoms with Crippen molar-refractivity contribution in [2.24, 2.45) is 4.99 Å². The van der Waals surface area contributed by atoms with Gasteiger partial charge in [0.25, 0.3) is 0 Å². The second-order valence-electron chi connectivity index (χ2n) is 3.00. The van der Waals surface area contributed by atoms with Crippen molar-refractivity contribution in [2.75, 3.05) is 6.54 Å². The Kier molecular flexibility index (Phi) is 2.58. The number of hydrogen-bond donors (Lipinski definition) is 0. The minimum atomic E-state index is -0.293. The third-order valence-corrected chi connectivity index (χ3v) is 1.93. The van der Waals surface area contributed by atoms with Crippen molar-refractivity contribution in [2.45, 2.75) is 26.3 Å². The van der Waals surface area contributed by atoms with Crippen molar-refractivity contribution in [3.05, 3.63) is 0 Å². The summed E-state index contributed by atoms with van der Waals surface area (Å²) in [6.45, 7) is 3.89. The highest BCUT2D eigenvalue weighted by molar-refractivity contribution is 5.96. The van der Waals surface area contributed by atoms with Crippen molar-refractivity contribution < 1.29 is 9.59 Å². The van der Waals surface area contributed by atoms with E-state index < -0.39 is 0 Å². The first-order valence-electron chi connectivity index (χ1n) is 3.93. The molecule has 1 aliphatic heterocycles. The second-order valence-corrected chi connectivity index (χ2v) is 3.00. The maximum atomic E-state index is 11.2. The molecule has 1 rings (SSSR count). The van der Waals surface area contributed by atoms with Gasteiger partial charge in [-0.25, -0.2) is 9.79 Å². The van der Waals surface area contributed by atoms with Gasteiger partial charge in [0.1, 0.15) is 6.29 Å². The fourth-order valence-electron chi connectivity index (χ4n) is 1.34. The molecule has 0 aromatic heterocycles. The molecule has 4 heteroatoms. The van der Waals surface area contributed by atoms with E-state index >= 15 is 0 Å². The number of nitrogens with zero attached hydrogens (tertiary/aromatic N) is 2. The summed E-state index contributed by atoms with van der Waals surface area (Å²) in [5, 5.41) is 0. The lowest BCUT2D eigenvalue weighted by atomic mass is 10.1. The van der Waals surface area contributed by atoms with E-state index in [1.165, 1.54) is 4.90 Å². The lowest BCUT2D eigenvalue weighted by Gasteiger charge is -2.29. The SMILES string of the molecule is CC1=NC(=O)N(CC=O)C(C)C1. The van der Waals surface area contributed by atoms with Crippen LogP contribution in [0.25, 0.3) is 0 Å². The summed E-state index contributed by atoms with van der Waals surface area (Å²) >= 11 is 0. The summed E-state index contributed by atoms with van der Waals surface area (Å²) in [7, 11) is 0. The summed E-state index contributed by atoms with van der Waals surface area (Å²) in [5.74, 6) is 0. The molecule has 1 aliphatic rings. The van der Waals surface area contributed by atoms with Crippen LogP contribution in [0, 0.1) is 0 Å². The highest BCUT2D eigenvalue weighted by Crippen LogP contribution is 2.12. The summed E-state index contributed by atoms with van der Waals surface area (Å²) in [4.78, 5) is 26.6. The van der Waals surface area contributed by atoms with Crippen LogP contribution >= 0.6 is 0 Å². The average Bonchev–Trinajstić information content (AvgIpc) is 1.96. The molecule has 0 aromatic rings. The van der Waals surface area contributed by atoms with E-state index in [1.807, 2.05) is 13.8 Å². The number of carbonyl (C=O) groups excluding carboxylic acids is 2. The van der Waals surface area contributed by atoms with Crippen LogP contribution < -0.4 is 0 Å². The minimum absolute atomic E-state index is 0.0974. The molecule has 0 saturated carbocycles. The van der Waals surface area contributed by atoms with Crippen LogP contribution in [0.5, 0.6) is 0 Å². The van der Waals surface area contributed by atoms with Gasteiger partial charge in [0.15, 0.2) is 0 Å². The smallest absolute Gasteiger partial charge is 0.313 e. The largest absolute Gasteiger partial charge is 0.344 e. The first-order valence-corrected chi connectivity index (χ1v) is 3.93. The second kappa shape index (κ2) is 3.47. The van der Waals surface area contributed by atoms with Gasteiger partial charge in [0, 0.05) is 18.2 Å². The number of urea groups is 1. The van der Waals surface area contributed by atoms with Crippen LogP contribution in [-0.4, -0.2) is 35.5 Å². The number of hydrogen-bond acceptors (Lipinski definition) is 2. The van der Waals surface area contributed by atoms with Crippen LogP contribution in [0.1, 0.15) is 20.3 Å². The first kappa shape index (κ1) is 8.90. The Morgan fingerprint density at radius 1 is 1.75 bits per heavy atom. The Balaban J connectivity index is 2.75. The highest BCUT2D eigenvalue weighted by Gasteiger charge is 2.24. The molecule has 0 aliphatic carbocycles. The fraction of sp³-hybridized carbons (Fsp3) is 0.625. The molecule has 0 N–H and O–H groups in total. The summed E-state index contributed by atoms with van der Waals surface area (Å²) in [6.07, 6.45) is 1.49. The van der Waals surface area contributed by atoms with E-state index in [0.717, 1.165) is 18.4 Å². The average molecular weight is 168 g/mol. The third kappa shape index (κ3) is 1.69. The van der Waals surface area contributed by atoms with Crippen LogP contribution in [0.4, 0.5) is 4.79 Å². The zero-order valence-electron chi connectivity index (χ0n) is 7.28. The summed E-state index contributed by atoms with van der Waals surface area (Å²) in [6, 6.07) is -0.196. The van der Waals surface area contributed by atoms with E-state index in [0.29, 0.717) is 0 Å². The molecule has 4 nitrogen and oxygen atoms in total. The quantitative estimate of drug-likeness (QED) is 0.574. The molecular formula is C8H12N2O2. The van der Waals surface area contributed by atoms with Crippen LogP contribution in [-0.2, 0) is 4.79 Å². The number of aldehydes is 1. The molecule has 0 bridgehead atoms. The Morgan fingerprint density at radius 2 is 2.42 bits per heavy atom. The van der Waals surface area contributed by atoms with Crippen molar-refractivity contribution >= 4 is 18.0 Å². The molecule has 0 spiro atoms. The van der Waals surface area contributed by atoms with Crippen LogP contribution in [0.15, 0.2) is 4.99 Å². The Bertz CT molecular complexity index is 235. The monoisotopic (exact) mass is 168 g/mol. The van der Waals surface area contributed by atoms with Gasteiger partial charge in [-0.2, -0.15) is 0 Å². The van der Waals surface area contributed by atoms with E-state index in [9.17, 15) is 9.59 Å². The normalized spacial score (nSPS) is 23.8. The topological polar surface area (TPSA) is 49.7 Å². The lowest BCUT2D eigenvalue weighted by Crippen LogP contribution is -2.42. The zero-order valence-corrected chi connectivity index (χ0v) is 7.28. The number of carbonyl (C=O) groups is 2. The number of amides is 2. The van der Waals surface area contributed by atoms with E-state index in [1.54, 1.807) is 0 Å². The van der Waals surface area contributed by atoms with Crippen molar-refractivity contribution in [1.82, 2.24) is 4.90 Å². The van der Waals surface area contributed by atoms with Gasteiger partial charge in [-0.3, -0.25) is 0 Å². The predicted molar refractivity (Wildman–Crippen MR) is 45.4 cm³/mol. The maximum Gasteiger partial charge on any atom is 0.344 e. The van der Waals surface area contributed by atoms with Gasteiger partial charge < -0.3 is 9.69 Å². The molecule has 0 aromatic carbocycles. The van der Waals surface area contributed by atoms with Crippen LogP contribution in [0.2, 0.25) is 0 Å². The zero-order chi connectivity index (χ0) is 9.14. The van der Waals surface area contributed by atoms with Gasteiger partial charge in [-0.05, 0) is 13.8 Å². The fourth-order valence-corrected chi connectivity index (χ4v) is 1.34. The van der Waals surface area contributed by atoms with E-state index in [2.05, 4.69) is 4.99 Å². The molecule has 0 saturated heterocycles. The number of rotatable bonds is 2. The molecule has 12 heavy (non-hydrogen) atoms. The molecular weight excluding hydrogens is 156 g/mol. The van der Waals surface area contributed by atoms with Crippen molar-refractivity contribution in [3.8, 4) is 0 Å². The predicted octanol–water partition coefficient (Wildman–Crippen LogP) is 0.860. The molecule has 1 atom stereocenters. The van der Waals surface area contributed by atoms with Crippen molar-refractivity contribution in [1.29, 1.82) is 0 Å². The van der Waals surface area contributed by atoms with Gasteiger partial charge in [-0.1, -0.05) is 0 Å². The molecule has 66 valence electrons. The highest BCUT2D eigenvalue weighted by atomic mass is 16.2. The minimum Gasteiger partial charge on any atom is -0.313 e. The molecule has 0 radical (unpaired) electrons. The van der Waals surface area contributed by atoms with Gasteiger partial charge >= 0.3 is 6.03 Å². The Labute approximate surface area is 71.3 Å². The van der Waals surface area contributed by atoms with Gasteiger partial charge in [0.05, 0.1) is 6.54 Å². The standard InChI is InChI=1S/C8H12N2O2/c1-6-5-7(2)10(3-4-11)8(12)9-6/h4,7H,3,5H2,1-2H3. The third-order valence-electron chi connectivity index (χ3n) is 1.93. The maximum absolute atomic E-state index is 11.2. The number of aliphatic imine (C=N–C) groups is 1. The van der Waals surface area contributed by atoms with Crippen molar-refractivity contribution in [3.63, 3.8) is 0 Å². The molecule has 1 unspecified atom stereocenters. The first-order chi connectivity index (χ1) is 5.65. The molecule has 1 heterocycles. The summed E-state index contributed by atoms with van der Waals surface area (Å²) in [5.41, 5.74) is 0.842. The van der Waals surface area contributed by atoms with Crippen LogP contribution in [0.3, 0.4) is 0 Å². The summed E-state index contributed by atoms with van der Waals surface area (Å²) < 4.78 is 0.